The highest BCUT2D eigenvalue weighted by Crippen LogP contribution is 2.36. The van der Waals surface area contributed by atoms with Gasteiger partial charge in [-0.3, -0.25) is 14.4 Å². The van der Waals surface area contributed by atoms with Gasteiger partial charge in [0.05, 0.1) is 11.8 Å². The Balaban J connectivity index is 1.84. The number of nitrogens with zero attached hydrogens (tertiary/aromatic N) is 4. The average Bonchev–Trinajstić information content (AvgIpc) is 3.29. The molecule has 2 aromatic heterocycles. The summed E-state index contributed by atoms with van der Waals surface area (Å²) < 4.78 is 1.96. The molecule has 9 heteroatoms. The van der Waals surface area contributed by atoms with E-state index in [4.69, 9.17) is 27.4 Å². The van der Waals surface area contributed by atoms with Crippen LogP contribution in [0.25, 0.3) is 5.00 Å². The Morgan fingerprint density at radius 1 is 1.33 bits per heavy atom. The Morgan fingerprint density at radius 2 is 2.13 bits per heavy atom. The number of carboxylic acids is 1. The van der Waals surface area contributed by atoms with Gasteiger partial charge in [-0.15, -0.1) is 21.5 Å². The molecule has 4 rings (SSSR count). The molecule has 0 unspecified atom stereocenters. The summed E-state index contributed by atoms with van der Waals surface area (Å²) in [5, 5.41) is 19.2. The number of fused-ring (bicyclic) bond motifs is 3. The highest BCUT2D eigenvalue weighted by molar-refractivity contribution is 7.15. The molecule has 0 saturated carbocycles. The van der Waals surface area contributed by atoms with Crippen molar-refractivity contribution >= 4 is 34.6 Å². The molecular weight excluding hydrogens is 422 g/mol. The number of aryl methyl sites for hydroxylation is 1. The van der Waals surface area contributed by atoms with Crippen molar-refractivity contribution in [3.63, 3.8) is 0 Å². The molecular formula is C21H22ClN5O2S. The van der Waals surface area contributed by atoms with Crippen LogP contribution < -0.4 is 5.73 Å². The van der Waals surface area contributed by atoms with Gasteiger partial charge in [0.1, 0.15) is 11.5 Å². The first kappa shape index (κ1) is 20.7. The first-order valence-corrected chi connectivity index (χ1v) is 11.0. The van der Waals surface area contributed by atoms with E-state index >= 15 is 0 Å². The summed E-state index contributed by atoms with van der Waals surface area (Å²) in [7, 11) is 0. The lowest BCUT2D eigenvalue weighted by atomic mass is 10.0. The van der Waals surface area contributed by atoms with E-state index < -0.39 is 12.0 Å². The van der Waals surface area contributed by atoms with Gasteiger partial charge in [-0.1, -0.05) is 43.1 Å². The van der Waals surface area contributed by atoms with Crippen LogP contribution in [0, 0.1) is 0 Å². The van der Waals surface area contributed by atoms with Crippen LogP contribution in [0.4, 0.5) is 0 Å². The lowest BCUT2D eigenvalue weighted by Gasteiger charge is -2.13. The van der Waals surface area contributed by atoms with Gasteiger partial charge < -0.3 is 10.8 Å². The van der Waals surface area contributed by atoms with Gasteiger partial charge >= 0.3 is 5.97 Å². The Morgan fingerprint density at radius 3 is 2.87 bits per heavy atom. The molecule has 0 amide bonds. The fourth-order valence-corrected chi connectivity index (χ4v) is 5.07. The molecule has 0 bridgehead atoms. The van der Waals surface area contributed by atoms with Crippen LogP contribution in [-0.2, 0) is 17.8 Å². The van der Waals surface area contributed by atoms with E-state index in [1.165, 1.54) is 4.88 Å². The second-order valence-electron chi connectivity index (χ2n) is 7.17. The van der Waals surface area contributed by atoms with Crippen molar-refractivity contribution in [1.29, 1.82) is 0 Å². The largest absolute Gasteiger partial charge is 0.481 e. The van der Waals surface area contributed by atoms with Crippen LogP contribution in [0.5, 0.6) is 0 Å². The SMILES string of the molecule is CCCc1cc2c(s1)-n1c(nnc1[C@H](N)CCC(=O)O)CN=C2c1ccccc1Cl. The number of thiophene rings is 1. The topological polar surface area (TPSA) is 106 Å². The minimum Gasteiger partial charge on any atom is -0.481 e. The maximum absolute atomic E-state index is 11.0. The minimum absolute atomic E-state index is 0.0247. The Hall–Kier alpha value is -2.55. The maximum atomic E-state index is 11.0. The van der Waals surface area contributed by atoms with Crippen molar-refractivity contribution in [2.45, 2.75) is 45.2 Å². The van der Waals surface area contributed by atoms with Crippen molar-refractivity contribution in [2.24, 2.45) is 10.7 Å². The average molecular weight is 444 g/mol. The molecule has 156 valence electrons. The minimum atomic E-state index is -0.882. The second-order valence-corrected chi connectivity index (χ2v) is 8.70. The van der Waals surface area contributed by atoms with Gasteiger partial charge in [0.15, 0.2) is 11.6 Å². The van der Waals surface area contributed by atoms with Gasteiger partial charge in [-0.05, 0) is 25.0 Å². The Bertz CT molecular complexity index is 1120. The van der Waals surface area contributed by atoms with Gasteiger partial charge in [-0.25, -0.2) is 0 Å². The fraction of sp³-hybridized carbons (Fsp3) is 0.333. The maximum Gasteiger partial charge on any atom is 0.303 e. The summed E-state index contributed by atoms with van der Waals surface area (Å²) in [6.07, 6.45) is 2.24. The fourth-order valence-electron chi connectivity index (χ4n) is 3.56. The van der Waals surface area contributed by atoms with Gasteiger partial charge in [0.25, 0.3) is 0 Å². The zero-order chi connectivity index (χ0) is 21.3. The number of aromatic nitrogens is 3. The van der Waals surface area contributed by atoms with Crippen molar-refractivity contribution in [3.05, 3.63) is 63.0 Å². The normalized spacial score (nSPS) is 13.9. The highest BCUT2D eigenvalue weighted by Gasteiger charge is 2.28. The number of carbonyl (C=O) groups is 1. The van der Waals surface area contributed by atoms with Crippen LogP contribution in [0.15, 0.2) is 35.3 Å². The quantitative estimate of drug-likeness (QED) is 0.570. The van der Waals surface area contributed by atoms with E-state index in [9.17, 15) is 4.79 Å². The summed E-state index contributed by atoms with van der Waals surface area (Å²) in [6, 6.07) is 9.29. The molecule has 0 fully saturated rings. The van der Waals surface area contributed by atoms with Crippen LogP contribution in [-0.4, -0.2) is 31.6 Å². The van der Waals surface area contributed by atoms with E-state index in [0.717, 1.165) is 34.7 Å². The number of nitrogens with two attached hydrogens (primary N) is 1. The van der Waals surface area contributed by atoms with E-state index in [2.05, 4.69) is 23.2 Å². The number of carboxylic acid groups (broad SMARTS) is 1. The van der Waals surface area contributed by atoms with E-state index in [1.807, 2.05) is 28.8 Å². The Kier molecular flexibility index (Phi) is 5.99. The molecule has 30 heavy (non-hydrogen) atoms. The third kappa shape index (κ3) is 3.90. The first-order valence-electron chi connectivity index (χ1n) is 9.84. The third-order valence-corrected chi connectivity index (χ3v) is 6.49. The molecule has 7 nitrogen and oxygen atoms in total. The summed E-state index contributed by atoms with van der Waals surface area (Å²) in [5.74, 6) is 0.365. The van der Waals surface area contributed by atoms with Crippen molar-refractivity contribution in [1.82, 2.24) is 14.8 Å². The number of hydrogen-bond acceptors (Lipinski definition) is 6. The highest BCUT2D eigenvalue weighted by atomic mass is 35.5. The lowest BCUT2D eigenvalue weighted by Crippen LogP contribution is -2.18. The molecule has 0 radical (unpaired) electrons. The molecule has 3 N–H and O–H groups in total. The Labute approximate surface area is 183 Å². The van der Waals surface area contributed by atoms with Gasteiger partial charge in [0.2, 0.25) is 0 Å². The number of hydrogen-bond donors (Lipinski definition) is 2. The number of aliphatic carboxylic acids is 1. The predicted molar refractivity (Wildman–Crippen MR) is 118 cm³/mol. The first-order chi connectivity index (χ1) is 14.5. The van der Waals surface area contributed by atoms with Crippen molar-refractivity contribution in [3.8, 4) is 5.00 Å². The molecule has 0 aliphatic carbocycles. The third-order valence-electron chi connectivity index (χ3n) is 4.98. The number of benzene rings is 1. The molecule has 0 saturated heterocycles. The number of rotatable bonds is 7. The summed E-state index contributed by atoms with van der Waals surface area (Å²) in [6.45, 7) is 2.48. The molecule has 1 aliphatic rings. The van der Waals surface area contributed by atoms with Crippen LogP contribution in [0.2, 0.25) is 5.02 Å². The summed E-state index contributed by atoms with van der Waals surface area (Å²) in [4.78, 5) is 17.1. The zero-order valence-electron chi connectivity index (χ0n) is 16.5. The van der Waals surface area contributed by atoms with E-state index in [0.29, 0.717) is 23.2 Å². The van der Waals surface area contributed by atoms with Gasteiger partial charge in [0, 0.05) is 27.4 Å². The molecule has 1 aromatic carbocycles. The monoisotopic (exact) mass is 443 g/mol. The van der Waals surface area contributed by atoms with Gasteiger partial charge in [-0.2, -0.15) is 0 Å². The molecule has 1 atom stereocenters. The zero-order valence-corrected chi connectivity index (χ0v) is 18.1. The van der Waals surface area contributed by atoms with Crippen LogP contribution in [0.3, 0.4) is 0 Å². The van der Waals surface area contributed by atoms with Crippen LogP contribution in [0.1, 0.15) is 59.9 Å². The van der Waals surface area contributed by atoms with E-state index in [1.54, 1.807) is 11.3 Å². The molecule has 3 aromatic rings. The van der Waals surface area contributed by atoms with Crippen molar-refractivity contribution < 1.29 is 9.90 Å². The lowest BCUT2D eigenvalue weighted by molar-refractivity contribution is -0.137. The number of aliphatic imine (C=N–C) groups is 1. The molecule has 1 aliphatic heterocycles. The molecule has 3 heterocycles. The summed E-state index contributed by atoms with van der Waals surface area (Å²) >= 11 is 8.16. The van der Waals surface area contributed by atoms with Crippen LogP contribution >= 0.6 is 22.9 Å². The predicted octanol–water partition coefficient (Wildman–Crippen LogP) is 4.15. The second kappa shape index (κ2) is 8.67. The molecule has 0 spiro atoms. The summed E-state index contributed by atoms with van der Waals surface area (Å²) in [5.41, 5.74) is 8.98. The standard InChI is InChI=1S/C21H22ClN5O2S/c1-2-5-12-10-14-19(13-6-3-4-7-15(13)22)24-11-17-25-26-20(27(17)21(14)30-12)16(23)8-9-18(28)29/h3-4,6-7,10,16H,2,5,8-9,11,23H2,1H3,(H,28,29)/t16-/m1/s1. The van der Waals surface area contributed by atoms with Crippen molar-refractivity contribution in [2.75, 3.05) is 0 Å². The smallest absolute Gasteiger partial charge is 0.303 e. The number of halogens is 1. The van der Waals surface area contributed by atoms with E-state index in [-0.39, 0.29) is 12.8 Å².